The van der Waals surface area contributed by atoms with Crippen molar-refractivity contribution in [3.63, 3.8) is 0 Å². The number of carbonyl (C=O) groups excluding carboxylic acids is 3. The first kappa shape index (κ1) is 18.7. The van der Waals surface area contributed by atoms with Crippen LogP contribution in [0, 0.1) is 5.92 Å². The van der Waals surface area contributed by atoms with Crippen LogP contribution in [0.2, 0.25) is 0 Å². The Morgan fingerprint density at radius 3 is 2.38 bits per heavy atom. The van der Waals surface area contributed by atoms with E-state index in [0.29, 0.717) is 45.1 Å². The van der Waals surface area contributed by atoms with Crippen LogP contribution in [0.25, 0.3) is 0 Å². The largest absolute Gasteiger partial charge is 0.466 e. The molecule has 24 heavy (non-hydrogen) atoms. The summed E-state index contributed by atoms with van der Waals surface area (Å²) < 4.78 is 5.05. The Balaban J connectivity index is 1.76. The topological polar surface area (TPSA) is 80.2 Å². The number of amides is 2. The molecule has 7 nitrogen and oxygen atoms in total. The quantitative estimate of drug-likeness (QED) is 0.581. The molecule has 1 saturated heterocycles. The van der Waals surface area contributed by atoms with Crippen LogP contribution in [-0.4, -0.2) is 68.1 Å². The number of likely N-dealkylation sites (N-methyl/N-ethyl adjacent to an activating group) is 1. The summed E-state index contributed by atoms with van der Waals surface area (Å²) in [7, 11) is 1.88. The average molecular weight is 340 g/mol. The fourth-order valence-electron chi connectivity index (χ4n) is 2.99. The summed E-state index contributed by atoms with van der Waals surface area (Å²) in [5.74, 6) is -0.194. The van der Waals surface area contributed by atoms with Crippen LogP contribution in [-0.2, 0) is 19.1 Å². The minimum Gasteiger partial charge on any atom is -0.466 e. The molecule has 1 saturated carbocycles. The minimum absolute atomic E-state index is 0.00988. The van der Waals surface area contributed by atoms with Crippen LogP contribution in [0.1, 0.15) is 39.5 Å². The lowest BCUT2D eigenvalue weighted by atomic mass is 9.96. The summed E-state index contributed by atoms with van der Waals surface area (Å²) in [4.78, 5) is 39.0. The average Bonchev–Trinajstić information content (AvgIpc) is 3.37. The molecule has 7 heteroatoms. The molecule has 2 atom stereocenters. The smallest absolute Gasteiger partial charge is 0.309 e. The number of carbonyl (C=O) groups is 3. The zero-order valence-electron chi connectivity index (χ0n) is 15.0. The van der Waals surface area contributed by atoms with Gasteiger partial charge in [0.05, 0.1) is 19.6 Å². The Labute approximate surface area is 143 Å². The highest BCUT2D eigenvalue weighted by Crippen LogP contribution is 2.19. The number of quaternary nitrogens is 1. The van der Waals surface area contributed by atoms with Crippen molar-refractivity contribution in [3.05, 3.63) is 0 Å². The molecule has 2 rings (SSSR count). The zero-order valence-corrected chi connectivity index (χ0v) is 15.0. The maximum absolute atomic E-state index is 12.6. The second kappa shape index (κ2) is 8.46. The van der Waals surface area contributed by atoms with E-state index in [1.807, 2.05) is 18.9 Å². The second-order valence-corrected chi connectivity index (χ2v) is 6.94. The predicted molar refractivity (Wildman–Crippen MR) is 88.3 cm³/mol. The SMILES string of the molecule is CCOC(=O)C1CCN(C(=O)[C@@H](C)[NH+](C)CC(=O)NC2CC2)CC1. The number of ether oxygens (including phenoxy) is 1. The lowest BCUT2D eigenvalue weighted by Gasteiger charge is -2.33. The van der Waals surface area contributed by atoms with Crippen molar-refractivity contribution in [1.29, 1.82) is 0 Å². The van der Waals surface area contributed by atoms with E-state index in [-0.39, 0.29) is 29.7 Å². The Hall–Kier alpha value is -1.63. The minimum atomic E-state index is -0.269. The summed E-state index contributed by atoms with van der Waals surface area (Å²) in [5, 5.41) is 2.95. The standard InChI is InChI=1S/C17H29N3O4/c1-4-24-17(23)13-7-9-20(10-8-13)16(22)12(2)19(3)11-15(21)18-14-5-6-14/h12-14H,4-11H2,1-3H3,(H,18,21)/p+1/t12-/m1/s1. The van der Waals surface area contributed by atoms with E-state index >= 15 is 0 Å². The first-order valence-electron chi connectivity index (χ1n) is 8.99. The van der Waals surface area contributed by atoms with Gasteiger partial charge in [-0.2, -0.15) is 0 Å². The van der Waals surface area contributed by atoms with Crippen molar-refractivity contribution in [2.24, 2.45) is 5.92 Å². The molecular formula is C17H30N3O4+. The first-order valence-corrected chi connectivity index (χ1v) is 8.99. The number of hydrogen-bond acceptors (Lipinski definition) is 4. The third-order valence-electron chi connectivity index (χ3n) is 4.92. The van der Waals surface area contributed by atoms with E-state index in [0.717, 1.165) is 17.7 Å². The molecule has 1 unspecified atom stereocenters. The number of nitrogens with zero attached hydrogens (tertiary/aromatic N) is 1. The molecule has 1 heterocycles. The summed E-state index contributed by atoms with van der Waals surface area (Å²) in [6.07, 6.45) is 3.43. The first-order chi connectivity index (χ1) is 11.4. The van der Waals surface area contributed by atoms with Gasteiger partial charge in [-0.05, 0) is 39.5 Å². The lowest BCUT2D eigenvalue weighted by molar-refractivity contribution is -0.886. The number of likely N-dealkylation sites (tertiary alicyclic amines) is 1. The number of esters is 1. The van der Waals surface area contributed by atoms with Crippen LogP contribution >= 0.6 is 0 Å². The van der Waals surface area contributed by atoms with Crippen molar-refractivity contribution < 1.29 is 24.0 Å². The van der Waals surface area contributed by atoms with Gasteiger partial charge in [0, 0.05) is 19.1 Å². The van der Waals surface area contributed by atoms with Gasteiger partial charge in [0.25, 0.3) is 11.8 Å². The molecule has 2 aliphatic rings. The summed E-state index contributed by atoms with van der Waals surface area (Å²) in [6.45, 7) is 5.52. The van der Waals surface area contributed by atoms with E-state index in [1.165, 1.54) is 0 Å². The highest BCUT2D eigenvalue weighted by Gasteiger charge is 2.33. The number of piperidine rings is 1. The van der Waals surface area contributed by atoms with Crippen molar-refractivity contribution in [1.82, 2.24) is 10.2 Å². The molecule has 2 N–H and O–H groups in total. The normalized spacial score (nSPS) is 21.0. The Morgan fingerprint density at radius 1 is 1.21 bits per heavy atom. The zero-order chi connectivity index (χ0) is 17.7. The summed E-state index contributed by atoms with van der Waals surface area (Å²) >= 11 is 0. The van der Waals surface area contributed by atoms with Crippen molar-refractivity contribution >= 4 is 17.8 Å². The van der Waals surface area contributed by atoms with Crippen molar-refractivity contribution in [2.75, 3.05) is 33.3 Å². The highest BCUT2D eigenvalue weighted by atomic mass is 16.5. The molecule has 0 spiro atoms. The molecule has 136 valence electrons. The van der Waals surface area contributed by atoms with Gasteiger partial charge < -0.3 is 19.9 Å². The number of hydrogen-bond donors (Lipinski definition) is 2. The van der Waals surface area contributed by atoms with Gasteiger partial charge in [-0.15, -0.1) is 0 Å². The maximum Gasteiger partial charge on any atom is 0.309 e. The highest BCUT2D eigenvalue weighted by molar-refractivity contribution is 5.81. The predicted octanol–water partition coefficient (Wildman–Crippen LogP) is -1.03. The second-order valence-electron chi connectivity index (χ2n) is 6.94. The monoisotopic (exact) mass is 340 g/mol. The van der Waals surface area contributed by atoms with Gasteiger partial charge >= 0.3 is 5.97 Å². The Morgan fingerprint density at radius 2 is 1.83 bits per heavy atom. The third-order valence-corrected chi connectivity index (χ3v) is 4.92. The Kier molecular flexibility index (Phi) is 6.60. The fraction of sp³-hybridized carbons (Fsp3) is 0.824. The Bertz CT molecular complexity index is 470. The molecule has 2 fully saturated rings. The fourth-order valence-corrected chi connectivity index (χ4v) is 2.99. The van der Waals surface area contributed by atoms with Crippen LogP contribution < -0.4 is 10.2 Å². The molecule has 0 aromatic carbocycles. The van der Waals surface area contributed by atoms with Crippen molar-refractivity contribution in [3.8, 4) is 0 Å². The van der Waals surface area contributed by atoms with Crippen LogP contribution in [0.5, 0.6) is 0 Å². The van der Waals surface area contributed by atoms with Gasteiger partial charge in [0.2, 0.25) is 0 Å². The van der Waals surface area contributed by atoms with Gasteiger partial charge in [-0.3, -0.25) is 14.4 Å². The number of nitrogens with one attached hydrogen (secondary N) is 2. The molecule has 1 aliphatic carbocycles. The number of rotatable bonds is 7. The molecule has 0 radical (unpaired) electrons. The molecule has 2 amide bonds. The van der Waals surface area contributed by atoms with Crippen LogP contribution in [0.3, 0.4) is 0 Å². The maximum atomic E-state index is 12.6. The molecular weight excluding hydrogens is 310 g/mol. The summed E-state index contributed by atoms with van der Waals surface area (Å²) in [6, 6.07) is 0.0762. The van der Waals surface area contributed by atoms with Gasteiger partial charge in [0.1, 0.15) is 0 Å². The van der Waals surface area contributed by atoms with Gasteiger partial charge in [-0.25, -0.2) is 0 Å². The van der Waals surface area contributed by atoms with E-state index in [2.05, 4.69) is 5.32 Å². The van der Waals surface area contributed by atoms with Crippen LogP contribution in [0.4, 0.5) is 0 Å². The van der Waals surface area contributed by atoms with E-state index in [4.69, 9.17) is 4.74 Å². The van der Waals surface area contributed by atoms with E-state index < -0.39 is 0 Å². The van der Waals surface area contributed by atoms with Gasteiger partial charge in [-0.1, -0.05) is 0 Å². The van der Waals surface area contributed by atoms with Gasteiger partial charge in [0.15, 0.2) is 12.6 Å². The molecule has 1 aliphatic heterocycles. The van der Waals surface area contributed by atoms with E-state index in [9.17, 15) is 14.4 Å². The third kappa shape index (κ3) is 5.19. The lowest BCUT2D eigenvalue weighted by Crippen LogP contribution is -3.15. The molecule has 0 aromatic rings. The van der Waals surface area contributed by atoms with Crippen LogP contribution in [0.15, 0.2) is 0 Å². The van der Waals surface area contributed by atoms with E-state index in [1.54, 1.807) is 6.92 Å². The summed E-state index contributed by atoms with van der Waals surface area (Å²) in [5.41, 5.74) is 0. The molecule has 0 bridgehead atoms. The molecule has 0 aromatic heterocycles. The van der Waals surface area contributed by atoms with Crippen molar-refractivity contribution in [2.45, 2.75) is 51.6 Å².